The quantitative estimate of drug-likeness (QED) is 0.0568. The summed E-state index contributed by atoms with van der Waals surface area (Å²) >= 11 is 13.2. The van der Waals surface area contributed by atoms with Gasteiger partial charge in [0, 0.05) is 130 Å². The van der Waals surface area contributed by atoms with Gasteiger partial charge in [0.1, 0.15) is 0 Å². The highest BCUT2D eigenvalue weighted by Crippen LogP contribution is 2.43. The monoisotopic (exact) mass is 1350 g/mol. The van der Waals surface area contributed by atoms with Gasteiger partial charge in [0.25, 0.3) is 0 Å². The second kappa shape index (κ2) is 52.0. The first kappa shape index (κ1) is 84.9. The van der Waals surface area contributed by atoms with Crippen molar-refractivity contribution in [1.82, 2.24) is 40.0 Å². The lowest BCUT2D eigenvalue weighted by atomic mass is 9.78. The van der Waals surface area contributed by atoms with E-state index in [1.807, 2.05) is 0 Å². The molecule has 0 aromatic rings. The smallest absolute Gasteiger partial charge is 0.223 e. The maximum absolute atomic E-state index is 13.7. The highest BCUT2D eigenvalue weighted by Gasteiger charge is 2.37. The van der Waals surface area contributed by atoms with Crippen molar-refractivity contribution < 1.29 is 9.59 Å². The summed E-state index contributed by atoms with van der Waals surface area (Å²) in [6.45, 7) is 23.3. The summed E-state index contributed by atoms with van der Waals surface area (Å²) in [5, 5.41) is 10.9. The van der Waals surface area contributed by atoms with Crippen LogP contribution in [0, 0.1) is 47.3 Å². The van der Waals surface area contributed by atoms with E-state index in [-0.39, 0.29) is 11.8 Å². The van der Waals surface area contributed by atoms with E-state index in [4.69, 9.17) is 0 Å². The summed E-state index contributed by atoms with van der Waals surface area (Å²) in [7, 11) is 26.4. The number of hydrogen-bond acceptors (Lipinski definition) is 14. The number of rotatable bonds is 55. The molecule has 2 N–H and O–H groups in total. The predicted octanol–water partition coefficient (Wildman–Crippen LogP) is 15.6. The molecule has 0 bridgehead atoms. The summed E-state index contributed by atoms with van der Waals surface area (Å²) in [5.41, 5.74) is 0. The molecule has 2 saturated carbocycles. The fourth-order valence-electron chi connectivity index (χ4n) is 12.9. The Morgan fingerprint density at radius 1 is 0.364 bits per heavy atom. The van der Waals surface area contributed by atoms with Crippen LogP contribution in [0.25, 0.3) is 0 Å². The Bertz CT molecular complexity index is 1560. The molecule has 2 amide bonds. The highest BCUT2D eigenvalue weighted by atomic mass is 32.2. The van der Waals surface area contributed by atoms with Gasteiger partial charge in [-0.15, -0.1) is 0 Å². The van der Waals surface area contributed by atoms with Gasteiger partial charge in [0.2, 0.25) is 11.8 Å². The molecule has 10 nitrogen and oxygen atoms in total. The molecule has 0 spiro atoms. The molecule has 12 atom stereocenters. The van der Waals surface area contributed by atoms with Gasteiger partial charge < -0.3 is 40.0 Å². The van der Waals surface area contributed by atoms with E-state index in [2.05, 4.69) is 237 Å². The molecule has 0 aliphatic heterocycles. The number of nitrogens with one attached hydrogen (secondary N) is 2. The van der Waals surface area contributed by atoms with Gasteiger partial charge in [0.05, 0.1) is 0 Å². The minimum absolute atomic E-state index is 0.165. The second-order valence-electron chi connectivity index (χ2n) is 29.7. The first-order valence-corrected chi connectivity index (χ1v) is 42.4. The Labute approximate surface area is 573 Å². The number of carbonyl (C=O) groups is 2. The lowest BCUT2D eigenvalue weighted by Gasteiger charge is -2.37. The zero-order chi connectivity index (χ0) is 65.2. The summed E-state index contributed by atoms with van der Waals surface area (Å²) in [6, 6.07) is 0. The lowest BCUT2D eigenvalue weighted by Crippen LogP contribution is -2.38. The van der Waals surface area contributed by atoms with E-state index in [0.717, 1.165) is 125 Å². The van der Waals surface area contributed by atoms with Crippen LogP contribution in [0.15, 0.2) is 0 Å². The second-order valence-corrected chi connectivity index (χ2v) is 37.8. The third kappa shape index (κ3) is 41.7. The van der Waals surface area contributed by atoms with Gasteiger partial charge in [-0.05, 0) is 223 Å². The molecule has 2 fully saturated rings. The van der Waals surface area contributed by atoms with Crippen molar-refractivity contribution in [3.05, 3.63) is 0 Å². The topological polar surface area (TPSA) is 77.6 Å². The summed E-state index contributed by atoms with van der Waals surface area (Å²) in [4.78, 5) is 41.4. The van der Waals surface area contributed by atoms with Crippen LogP contribution in [-0.2, 0) is 9.59 Å². The van der Waals surface area contributed by atoms with Crippen molar-refractivity contribution >= 4 is 82.4 Å². The van der Waals surface area contributed by atoms with E-state index in [9.17, 15) is 9.59 Å². The van der Waals surface area contributed by atoms with Crippen LogP contribution in [0.5, 0.6) is 0 Å². The molecule has 88 heavy (non-hydrogen) atoms. The average molecular weight is 1350 g/mol. The minimum atomic E-state index is 0.165. The largest absolute Gasteiger partial charge is 0.356 e. The van der Waals surface area contributed by atoms with Crippen LogP contribution < -0.4 is 10.6 Å². The fraction of sp³-hybridized carbons (Fsp3) is 0.972. The Kier molecular flexibility index (Phi) is 50.2. The van der Waals surface area contributed by atoms with Gasteiger partial charge in [-0.2, -0.15) is 70.6 Å². The minimum Gasteiger partial charge on any atom is -0.356 e. The molecule has 0 aromatic heterocycles. The molecule has 2 aliphatic carbocycles. The van der Waals surface area contributed by atoms with Gasteiger partial charge in [-0.3, -0.25) is 9.59 Å². The number of unbranched alkanes of at least 4 members (excludes halogenated alkanes) is 9. The molecule has 2 aliphatic rings. The molecule has 0 aromatic carbocycles. The summed E-state index contributed by atoms with van der Waals surface area (Å²) in [6.07, 6.45) is 29.5. The number of amides is 2. The maximum atomic E-state index is 13.7. The van der Waals surface area contributed by atoms with Crippen molar-refractivity contribution in [3.63, 3.8) is 0 Å². The van der Waals surface area contributed by atoms with Crippen molar-refractivity contribution in [2.75, 3.05) is 171 Å². The van der Waals surface area contributed by atoms with Gasteiger partial charge >= 0.3 is 0 Å². The standard InChI is InChI=1S/C72H146N8O2S6/c1-57(2)65(83-49-43-75(7)8)37-29-59(5)67(85-51-45-77(11)12)39-35-61-31-33-63(55-69(61)87-53-47-79(15)16)71(81)73-41-27-25-23-21-19-20-22-24-26-28-42-74-72(82)64-34-32-62(70(56-64)88-54-48-80(17)18)36-40-68(86-52-46-78(13)14)60(6)30-38-66(58(3)4)84-50-44-76(9)10/h57-70H,19-56H2,1-18H3,(H,73,81)(H,74,82). The molecular formula is C72H146N8O2S6. The molecule has 12 unspecified atom stereocenters. The normalized spacial score (nSPS) is 21.6. The van der Waals surface area contributed by atoms with Crippen LogP contribution in [0.4, 0.5) is 0 Å². The highest BCUT2D eigenvalue weighted by molar-refractivity contribution is 8.01. The van der Waals surface area contributed by atoms with Crippen molar-refractivity contribution in [2.24, 2.45) is 47.3 Å². The number of thioether (sulfide) groups is 6. The summed E-state index contributed by atoms with van der Waals surface area (Å²) in [5.74, 6) is 12.4. The van der Waals surface area contributed by atoms with Crippen LogP contribution in [0.1, 0.15) is 196 Å². The Balaban J connectivity index is 1.74. The zero-order valence-corrected chi connectivity index (χ0v) is 65.8. The van der Waals surface area contributed by atoms with Gasteiger partial charge in [-0.1, -0.05) is 92.9 Å². The number of nitrogens with zero attached hydrogens (tertiary/aromatic N) is 6. The van der Waals surface area contributed by atoms with E-state index in [0.29, 0.717) is 56.5 Å². The van der Waals surface area contributed by atoms with Crippen molar-refractivity contribution in [2.45, 2.75) is 227 Å². The first-order chi connectivity index (χ1) is 42.0. The molecule has 0 heterocycles. The van der Waals surface area contributed by atoms with Gasteiger partial charge in [-0.25, -0.2) is 0 Å². The Morgan fingerprint density at radius 2 is 0.648 bits per heavy atom. The van der Waals surface area contributed by atoms with E-state index >= 15 is 0 Å². The maximum Gasteiger partial charge on any atom is 0.223 e. The van der Waals surface area contributed by atoms with Gasteiger partial charge in [0.15, 0.2) is 0 Å². The molecule has 2 rings (SSSR count). The van der Waals surface area contributed by atoms with E-state index in [1.165, 1.54) is 139 Å². The van der Waals surface area contributed by atoms with Crippen LogP contribution in [0.3, 0.4) is 0 Å². The summed E-state index contributed by atoms with van der Waals surface area (Å²) < 4.78 is 0. The Hall–Kier alpha value is 0.800. The third-order valence-corrected chi connectivity index (χ3v) is 28.4. The third-order valence-electron chi connectivity index (χ3n) is 19.2. The van der Waals surface area contributed by atoms with Crippen molar-refractivity contribution in [1.29, 1.82) is 0 Å². The molecule has 0 saturated heterocycles. The fourth-order valence-corrected chi connectivity index (χ4v) is 22.3. The predicted molar refractivity (Wildman–Crippen MR) is 408 cm³/mol. The number of hydrogen-bond donors (Lipinski definition) is 2. The Morgan fingerprint density at radius 3 is 0.943 bits per heavy atom. The van der Waals surface area contributed by atoms with Crippen LogP contribution in [0.2, 0.25) is 0 Å². The zero-order valence-electron chi connectivity index (χ0n) is 60.9. The van der Waals surface area contributed by atoms with Crippen LogP contribution >= 0.6 is 70.6 Å². The van der Waals surface area contributed by atoms with Crippen LogP contribution in [-0.4, -0.2) is 244 Å². The molecule has 522 valence electrons. The van der Waals surface area contributed by atoms with E-state index in [1.54, 1.807) is 0 Å². The number of carbonyl (C=O) groups excluding carboxylic acids is 2. The van der Waals surface area contributed by atoms with Crippen molar-refractivity contribution in [3.8, 4) is 0 Å². The SMILES string of the molecule is CC(C)C(CCC(C)C(CCC1CCC(C(=O)NCCCCCCCCCCCCNC(=O)C2CCC(CCC(SCCN(C)C)C(C)CCC(SCCN(C)C)C(C)C)C(SCCN(C)C)C2)CC1SCCN(C)C)SCCN(C)C)SCCN(C)C. The average Bonchev–Trinajstić information content (AvgIpc) is 2.49. The molecule has 0 radical (unpaired) electrons. The lowest BCUT2D eigenvalue weighted by molar-refractivity contribution is -0.126. The molecular weight excluding hydrogens is 1200 g/mol. The first-order valence-electron chi connectivity index (χ1n) is 36.1. The van der Waals surface area contributed by atoms with E-state index < -0.39 is 0 Å². The molecule has 16 heteroatoms.